The van der Waals surface area contributed by atoms with E-state index >= 15 is 0 Å². The summed E-state index contributed by atoms with van der Waals surface area (Å²) < 4.78 is 27.9. The summed E-state index contributed by atoms with van der Waals surface area (Å²) in [5.74, 6) is 1.81. The van der Waals surface area contributed by atoms with E-state index in [1.807, 2.05) is 0 Å². The Morgan fingerprint density at radius 2 is 1.90 bits per heavy atom. The van der Waals surface area contributed by atoms with Crippen molar-refractivity contribution in [3.8, 4) is 0 Å². The molecule has 2 fully saturated rings. The molecular formula is C22H25ClN2O3S. The van der Waals surface area contributed by atoms with Crippen molar-refractivity contribution in [2.45, 2.75) is 43.5 Å². The minimum absolute atomic E-state index is 0.0395. The van der Waals surface area contributed by atoms with Crippen molar-refractivity contribution in [2.24, 2.45) is 17.8 Å². The lowest BCUT2D eigenvalue weighted by atomic mass is 9.84. The van der Waals surface area contributed by atoms with E-state index in [0.29, 0.717) is 28.1 Å². The van der Waals surface area contributed by atoms with Crippen molar-refractivity contribution in [3.63, 3.8) is 0 Å². The van der Waals surface area contributed by atoms with Crippen molar-refractivity contribution in [2.75, 3.05) is 4.72 Å². The lowest BCUT2D eigenvalue weighted by Gasteiger charge is -2.28. The van der Waals surface area contributed by atoms with Gasteiger partial charge in [-0.15, -0.1) is 0 Å². The van der Waals surface area contributed by atoms with Crippen molar-refractivity contribution >= 4 is 33.2 Å². The molecule has 2 aliphatic carbocycles. The van der Waals surface area contributed by atoms with Gasteiger partial charge in [-0.05, 0) is 80.3 Å². The molecule has 0 radical (unpaired) electrons. The van der Waals surface area contributed by atoms with Gasteiger partial charge < -0.3 is 5.32 Å². The summed E-state index contributed by atoms with van der Waals surface area (Å²) in [5.41, 5.74) is 0.714. The van der Waals surface area contributed by atoms with Crippen LogP contribution in [0.4, 0.5) is 5.69 Å². The van der Waals surface area contributed by atoms with Crippen LogP contribution in [-0.2, 0) is 10.0 Å². The smallest absolute Gasteiger partial charge is 0.261 e. The Kier molecular flexibility index (Phi) is 5.58. The molecule has 2 bridgehead atoms. The number of halogens is 1. The number of fused-ring (bicyclic) bond motifs is 2. The maximum atomic E-state index is 12.8. The molecule has 0 saturated heterocycles. The molecule has 4 rings (SSSR count). The first-order chi connectivity index (χ1) is 13.8. The summed E-state index contributed by atoms with van der Waals surface area (Å²) >= 11 is 5.92. The molecule has 4 atom stereocenters. The van der Waals surface area contributed by atoms with Gasteiger partial charge in [-0.25, -0.2) is 8.42 Å². The minimum atomic E-state index is -3.83. The van der Waals surface area contributed by atoms with Gasteiger partial charge >= 0.3 is 0 Å². The molecule has 2 aliphatic rings. The van der Waals surface area contributed by atoms with Gasteiger partial charge in [-0.2, -0.15) is 0 Å². The predicted molar refractivity (Wildman–Crippen MR) is 115 cm³/mol. The van der Waals surface area contributed by atoms with Crippen LogP contribution in [0.2, 0.25) is 5.02 Å². The normalized spacial score (nSPS) is 24.3. The van der Waals surface area contributed by atoms with Crippen molar-refractivity contribution < 1.29 is 13.2 Å². The van der Waals surface area contributed by atoms with Crippen LogP contribution in [-0.4, -0.2) is 20.4 Å². The molecule has 154 valence electrons. The highest BCUT2D eigenvalue weighted by Crippen LogP contribution is 2.49. The topological polar surface area (TPSA) is 75.3 Å². The molecule has 2 N–H and O–H groups in total. The highest BCUT2D eigenvalue weighted by atomic mass is 35.5. The Bertz CT molecular complexity index is 1020. The standard InChI is InChI=1S/C22H25ClN2O3S/c1-14(21-11-15-8-9-16(21)10-15)24-22(26)17-4-2-7-20(12-17)29(27,28)25-19-6-3-5-18(23)13-19/h2-7,12-16,21,25H,8-11H2,1H3,(H,24,26). The Morgan fingerprint density at radius 3 is 2.59 bits per heavy atom. The Morgan fingerprint density at radius 1 is 1.10 bits per heavy atom. The summed E-state index contributed by atoms with van der Waals surface area (Å²) in [6.07, 6.45) is 5.05. The third-order valence-corrected chi connectivity index (χ3v) is 7.89. The lowest BCUT2D eigenvalue weighted by molar-refractivity contribution is 0.0915. The maximum Gasteiger partial charge on any atom is 0.261 e. The fourth-order valence-electron chi connectivity index (χ4n) is 4.87. The number of carbonyl (C=O) groups is 1. The zero-order valence-corrected chi connectivity index (χ0v) is 17.8. The Balaban J connectivity index is 1.47. The molecule has 1 amide bonds. The third-order valence-electron chi connectivity index (χ3n) is 6.28. The quantitative estimate of drug-likeness (QED) is 0.694. The largest absolute Gasteiger partial charge is 0.349 e. The molecular weight excluding hydrogens is 408 g/mol. The fraction of sp³-hybridized carbons (Fsp3) is 0.409. The Hall–Kier alpha value is -2.05. The molecule has 7 heteroatoms. The minimum Gasteiger partial charge on any atom is -0.349 e. The molecule has 5 nitrogen and oxygen atoms in total. The number of carbonyl (C=O) groups excluding carboxylic acids is 1. The average molecular weight is 433 g/mol. The van der Waals surface area contributed by atoms with Gasteiger partial charge in [-0.1, -0.05) is 30.2 Å². The van der Waals surface area contributed by atoms with E-state index in [4.69, 9.17) is 11.6 Å². The van der Waals surface area contributed by atoms with Crippen LogP contribution in [0.15, 0.2) is 53.4 Å². The number of amides is 1. The summed E-state index contributed by atoms with van der Waals surface area (Å²) in [6, 6.07) is 12.7. The van der Waals surface area contributed by atoms with Crippen molar-refractivity contribution in [1.29, 1.82) is 0 Å². The second-order valence-corrected chi connectivity index (χ2v) is 10.4. The van der Waals surface area contributed by atoms with Crippen molar-refractivity contribution in [1.82, 2.24) is 5.32 Å². The first-order valence-electron chi connectivity index (χ1n) is 10.0. The van der Waals surface area contributed by atoms with E-state index in [-0.39, 0.29) is 16.8 Å². The van der Waals surface area contributed by atoms with Crippen LogP contribution >= 0.6 is 11.6 Å². The molecule has 2 aromatic carbocycles. The van der Waals surface area contributed by atoms with Gasteiger partial charge in [0.1, 0.15) is 0 Å². The van der Waals surface area contributed by atoms with E-state index in [1.54, 1.807) is 30.3 Å². The number of rotatable bonds is 6. The molecule has 0 spiro atoms. The number of anilines is 1. The van der Waals surface area contributed by atoms with Crippen LogP contribution < -0.4 is 10.0 Å². The summed E-state index contributed by atoms with van der Waals surface area (Å²) in [4.78, 5) is 12.8. The first kappa shape index (κ1) is 20.2. The van der Waals surface area contributed by atoms with Crippen LogP contribution in [0.1, 0.15) is 43.0 Å². The number of hydrogen-bond acceptors (Lipinski definition) is 3. The average Bonchev–Trinajstić information content (AvgIpc) is 3.31. The summed E-state index contributed by atoms with van der Waals surface area (Å²) in [5, 5.41) is 3.53. The molecule has 4 unspecified atom stereocenters. The molecule has 0 heterocycles. The number of hydrogen-bond donors (Lipinski definition) is 2. The summed E-state index contributed by atoms with van der Waals surface area (Å²) in [7, 11) is -3.83. The summed E-state index contributed by atoms with van der Waals surface area (Å²) in [6.45, 7) is 2.06. The number of nitrogens with one attached hydrogen (secondary N) is 2. The highest BCUT2D eigenvalue weighted by Gasteiger charge is 2.42. The van der Waals surface area contributed by atoms with E-state index in [9.17, 15) is 13.2 Å². The Labute approximate surface area is 176 Å². The lowest BCUT2D eigenvalue weighted by Crippen LogP contribution is -2.40. The number of benzene rings is 2. The van der Waals surface area contributed by atoms with E-state index in [2.05, 4.69) is 17.0 Å². The molecule has 29 heavy (non-hydrogen) atoms. The van der Waals surface area contributed by atoms with E-state index in [1.165, 1.54) is 43.9 Å². The van der Waals surface area contributed by atoms with Gasteiger partial charge in [-0.3, -0.25) is 9.52 Å². The van der Waals surface area contributed by atoms with Gasteiger partial charge in [0.05, 0.1) is 10.6 Å². The molecule has 2 aromatic rings. The van der Waals surface area contributed by atoms with Crippen LogP contribution in [0.3, 0.4) is 0 Å². The second-order valence-electron chi connectivity index (χ2n) is 8.24. The maximum absolute atomic E-state index is 12.8. The third kappa shape index (κ3) is 4.43. The monoisotopic (exact) mass is 432 g/mol. The highest BCUT2D eigenvalue weighted by molar-refractivity contribution is 7.92. The zero-order valence-electron chi connectivity index (χ0n) is 16.3. The second kappa shape index (κ2) is 8.00. The number of sulfonamides is 1. The molecule has 0 aliphatic heterocycles. The van der Waals surface area contributed by atoms with Crippen LogP contribution in [0, 0.1) is 17.8 Å². The van der Waals surface area contributed by atoms with E-state index < -0.39 is 10.0 Å². The van der Waals surface area contributed by atoms with Gasteiger partial charge in [0, 0.05) is 16.6 Å². The van der Waals surface area contributed by atoms with Gasteiger partial charge in [0.2, 0.25) is 0 Å². The fourth-order valence-corrected chi connectivity index (χ4v) is 6.16. The first-order valence-corrected chi connectivity index (χ1v) is 11.9. The van der Waals surface area contributed by atoms with Crippen molar-refractivity contribution in [3.05, 3.63) is 59.1 Å². The predicted octanol–water partition coefficient (Wildman–Crippen LogP) is 4.70. The van der Waals surface area contributed by atoms with Crippen LogP contribution in [0.5, 0.6) is 0 Å². The SMILES string of the molecule is CC(NC(=O)c1cccc(S(=O)(=O)Nc2cccc(Cl)c2)c1)C1CC2CCC1C2. The van der Waals surface area contributed by atoms with Gasteiger partial charge in [0.25, 0.3) is 15.9 Å². The van der Waals surface area contributed by atoms with Gasteiger partial charge in [0.15, 0.2) is 0 Å². The van der Waals surface area contributed by atoms with Crippen LogP contribution in [0.25, 0.3) is 0 Å². The molecule has 0 aromatic heterocycles. The van der Waals surface area contributed by atoms with E-state index in [0.717, 1.165) is 5.92 Å². The molecule has 2 saturated carbocycles. The zero-order chi connectivity index (χ0) is 20.6.